The third kappa shape index (κ3) is 9.75. The Kier molecular flexibility index (Phi) is 11.0. The number of benzene rings is 3. The van der Waals surface area contributed by atoms with E-state index in [1.54, 1.807) is 48.5 Å². The third-order valence-electron chi connectivity index (χ3n) is 7.38. The van der Waals surface area contributed by atoms with Gasteiger partial charge in [0.2, 0.25) is 5.91 Å². The Morgan fingerprint density at radius 1 is 0.953 bits per heavy atom. The first kappa shape index (κ1) is 31.4. The molecule has 1 saturated heterocycles. The van der Waals surface area contributed by atoms with Crippen LogP contribution in [-0.2, 0) is 16.0 Å². The number of amides is 4. The van der Waals surface area contributed by atoms with Gasteiger partial charge in [-0.25, -0.2) is 14.0 Å². The van der Waals surface area contributed by atoms with Crippen molar-refractivity contribution in [3.8, 4) is 0 Å². The molecule has 0 spiro atoms. The average molecular weight is 589 g/mol. The summed E-state index contributed by atoms with van der Waals surface area (Å²) >= 11 is 0. The van der Waals surface area contributed by atoms with Gasteiger partial charge in [0, 0.05) is 30.4 Å². The molecule has 1 fully saturated rings. The number of ether oxygens (including phenoxy) is 1. The number of para-hydroxylation sites is 1. The summed E-state index contributed by atoms with van der Waals surface area (Å²) in [6, 6.07) is 21.4. The molecule has 0 saturated carbocycles. The lowest BCUT2D eigenvalue weighted by Gasteiger charge is -2.35. The Hall–Kier alpha value is -4.57. The van der Waals surface area contributed by atoms with Crippen molar-refractivity contribution in [1.82, 2.24) is 10.2 Å². The zero-order valence-electron chi connectivity index (χ0n) is 24.4. The zero-order valence-corrected chi connectivity index (χ0v) is 24.4. The number of rotatable bonds is 10. The SMILES string of the molecule is CC(=O)NC(=O)N(C[C@@H](CN1CCC(Cc2ccc(F)cc2)CC1)OC(=O)Nc1cccc(C(C)=O)c1)c1ccccc1. The summed E-state index contributed by atoms with van der Waals surface area (Å²) < 4.78 is 19.2. The quantitative estimate of drug-likeness (QED) is 0.296. The highest BCUT2D eigenvalue weighted by Crippen LogP contribution is 2.23. The maximum absolute atomic E-state index is 13.3. The second-order valence-electron chi connectivity index (χ2n) is 10.8. The van der Waals surface area contributed by atoms with Gasteiger partial charge in [0.15, 0.2) is 5.78 Å². The second kappa shape index (κ2) is 15.1. The lowest BCUT2D eigenvalue weighted by Crippen LogP contribution is -2.50. The van der Waals surface area contributed by atoms with Gasteiger partial charge in [-0.1, -0.05) is 42.5 Å². The number of nitrogens with one attached hydrogen (secondary N) is 2. The highest BCUT2D eigenvalue weighted by atomic mass is 19.1. The predicted molar refractivity (Wildman–Crippen MR) is 163 cm³/mol. The molecule has 0 aliphatic carbocycles. The number of carbonyl (C=O) groups excluding carboxylic acids is 4. The number of urea groups is 1. The van der Waals surface area contributed by atoms with Gasteiger partial charge in [0.25, 0.3) is 0 Å². The fourth-order valence-corrected chi connectivity index (χ4v) is 5.20. The lowest BCUT2D eigenvalue weighted by atomic mass is 9.90. The van der Waals surface area contributed by atoms with E-state index in [-0.39, 0.29) is 18.1 Å². The summed E-state index contributed by atoms with van der Waals surface area (Å²) in [7, 11) is 0. The molecule has 226 valence electrons. The molecule has 2 N–H and O–H groups in total. The summed E-state index contributed by atoms with van der Waals surface area (Å²) in [5.41, 5.74) is 2.50. The smallest absolute Gasteiger partial charge is 0.412 e. The largest absolute Gasteiger partial charge is 0.443 e. The highest BCUT2D eigenvalue weighted by Gasteiger charge is 2.28. The van der Waals surface area contributed by atoms with Crippen molar-refractivity contribution in [2.24, 2.45) is 5.92 Å². The van der Waals surface area contributed by atoms with E-state index < -0.39 is 24.1 Å². The molecule has 1 heterocycles. The van der Waals surface area contributed by atoms with E-state index in [0.29, 0.717) is 29.4 Å². The predicted octanol–water partition coefficient (Wildman–Crippen LogP) is 5.66. The first-order valence-corrected chi connectivity index (χ1v) is 14.4. The Bertz CT molecular complexity index is 1410. The topological polar surface area (TPSA) is 108 Å². The molecule has 1 atom stereocenters. The maximum Gasteiger partial charge on any atom is 0.412 e. The monoisotopic (exact) mass is 588 g/mol. The van der Waals surface area contributed by atoms with Crippen LogP contribution in [0.3, 0.4) is 0 Å². The van der Waals surface area contributed by atoms with Crippen molar-refractivity contribution < 1.29 is 28.3 Å². The van der Waals surface area contributed by atoms with Gasteiger partial charge in [-0.2, -0.15) is 0 Å². The third-order valence-corrected chi connectivity index (χ3v) is 7.38. The summed E-state index contributed by atoms with van der Waals surface area (Å²) in [5, 5.41) is 5.00. The summed E-state index contributed by atoms with van der Waals surface area (Å²) in [4.78, 5) is 53.2. The van der Waals surface area contributed by atoms with E-state index >= 15 is 0 Å². The second-order valence-corrected chi connectivity index (χ2v) is 10.8. The number of Topliss-reactive ketones (excluding diaryl/α,β-unsaturated/α-hetero) is 1. The van der Waals surface area contributed by atoms with Crippen LogP contribution >= 0.6 is 0 Å². The van der Waals surface area contributed by atoms with Crippen molar-refractivity contribution in [3.63, 3.8) is 0 Å². The molecular formula is C33H37FN4O5. The van der Waals surface area contributed by atoms with Crippen LogP contribution in [-0.4, -0.2) is 61.0 Å². The first-order valence-electron chi connectivity index (χ1n) is 14.4. The minimum absolute atomic E-state index is 0.000456. The standard InChI is InChI=1S/C33H37FN4O5/c1-23(39)27-7-6-8-29(20-27)36-33(42)43-31(22-38(32(41)35-24(2)40)30-9-4-3-5-10-30)21-37-17-15-26(16-18-37)19-25-11-13-28(34)14-12-25/h3-14,20,26,31H,15-19,21-22H2,1-2H3,(H,36,42)(H,35,40,41)/t31-/m1/s1. The van der Waals surface area contributed by atoms with Gasteiger partial charge < -0.3 is 4.74 Å². The van der Waals surface area contributed by atoms with Gasteiger partial charge in [0.05, 0.1) is 6.54 Å². The van der Waals surface area contributed by atoms with Crippen LogP contribution in [0.25, 0.3) is 0 Å². The van der Waals surface area contributed by atoms with Crippen molar-refractivity contribution in [1.29, 1.82) is 0 Å². The number of carbonyl (C=O) groups is 4. The molecule has 0 radical (unpaired) electrons. The first-order chi connectivity index (χ1) is 20.7. The fraction of sp³-hybridized carbons (Fsp3) is 0.333. The molecule has 3 aromatic carbocycles. The Labute approximate surface area is 251 Å². The number of ketones is 1. The van der Waals surface area contributed by atoms with Crippen LogP contribution in [0.2, 0.25) is 0 Å². The van der Waals surface area contributed by atoms with Crippen molar-refractivity contribution in [2.45, 2.75) is 39.2 Å². The zero-order chi connectivity index (χ0) is 30.8. The Morgan fingerprint density at radius 3 is 2.30 bits per heavy atom. The number of nitrogens with zero attached hydrogens (tertiary/aromatic N) is 2. The molecule has 1 aliphatic heterocycles. The number of anilines is 2. The van der Waals surface area contributed by atoms with E-state index in [4.69, 9.17) is 4.74 Å². The van der Waals surface area contributed by atoms with Crippen LogP contribution in [0.1, 0.15) is 42.6 Å². The molecule has 0 bridgehead atoms. The van der Waals surface area contributed by atoms with Crippen molar-refractivity contribution >= 4 is 35.2 Å². The van der Waals surface area contributed by atoms with Gasteiger partial charge in [-0.3, -0.25) is 30.0 Å². The molecular weight excluding hydrogens is 551 g/mol. The van der Waals surface area contributed by atoms with Crippen LogP contribution in [0, 0.1) is 11.7 Å². The van der Waals surface area contributed by atoms with Gasteiger partial charge in [0.1, 0.15) is 11.9 Å². The number of piperidine rings is 1. The highest BCUT2D eigenvalue weighted by molar-refractivity contribution is 6.02. The minimum Gasteiger partial charge on any atom is -0.443 e. The van der Waals surface area contributed by atoms with Gasteiger partial charge in [-0.05, 0) is 87.2 Å². The number of hydrogen-bond donors (Lipinski definition) is 2. The summed E-state index contributed by atoms with van der Waals surface area (Å²) in [6.45, 7) is 4.59. The fourth-order valence-electron chi connectivity index (χ4n) is 5.20. The van der Waals surface area contributed by atoms with Crippen LogP contribution in [0.5, 0.6) is 0 Å². The number of likely N-dealkylation sites (tertiary alicyclic amines) is 1. The van der Waals surface area contributed by atoms with E-state index in [1.807, 2.05) is 18.2 Å². The van der Waals surface area contributed by atoms with E-state index in [2.05, 4.69) is 15.5 Å². The molecule has 0 aromatic heterocycles. The normalized spacial score (nSPS) is 14.4. The molecule has 3 aromatic rings. The Balaban J connectivity index is 1.47. The molecule has 0 unspecified atom stereocenters. The van der Waals surface area contributed by atoms with E-state index in [1.165, 1.54) is 30.9 Å². The summed E-state index contributed by atoms with van der Waals surface area (Å²) in [5.74, 6) is -0.440. The van der Waals surface area contributed by atoms with Crippen LogP contribution in [0.4, 0.5) is 25.4 Å². The minimum atomic E-state index is -0.748. The number of hydrogen-bond acceptors (Lipinski definition) is 6. The maximum atomic E-state index is 13.3. The average Bonchev–Trinajstić information content (AvgIpc) is 2.98. The number of imide groups is 1. The van der Waals surface area contributed by atoms with Crippen molar-refractivity contribution in [3.05, 3.63) is 95.8 Å². The number of halogens is 1. The molecule has 9 nitrogen and oxygen atoms in total. The van der Waals surface area contributed by atoms with E-state index in [9.17, 15) is 23.6 Å². The Morgan fingerprint density at radius 2 is 1.65 bits per heavy atom. The molecule has 43 heavy (non-hydrogen) atoms. The van der Waals surface area contributed by atoms with Gasteiger partial charge in [-0.15, -0.1) is 0 Å². The van der Waals surface area contributed by atoms with Crippen LogP contribution in [0.15, 0.2) is 78.9 Å². The van der Waals surface area contributed by atoms with E-state index in [0.717, 1.165) is 37.9 Å². The molecule has 4 amide bonds. The molecule has 4 rings (SSSR count). The lowest BCUT2D eigenvalue weighted by molar-refractivity contribution is -0.117. The van der Waals surface area contributed by atoms with Gasteiger partial charge >= 0.3 is 12.1 Å². The molecule has 10 heteroatoms. The summed E-state index contributed by atoms with van der Waals surface area (Å²) in [6.07, 6.45) is 1.23. The molecule has 1 aliphatic rings. The van der Waals surface area contributed by atoms with Crippen LogP contribution < -0.4 is 15.5 Å². The van der Waals surface area contributed by atoms with Crippen molar-refractivity contribution in [2.75, 3.05) is 36.4 Å².